The molecule has 7 heteroatoms. The van der Waals surface area contributed by atoms with Crippen molar-refractivity contribution in [3.8, 4) is 0 Å². The standard InChI is InChI=1S/C15H12ClF3N2O/c1-8-6-9(2-5-13(8)20)14(22)21-10-3-4-12(16)11(7-10)15(17,18)19/h2-7H,20H2,1H3,(H,21,22). The van der Waals surface area contributed by atoms with Gasteiger partial charge in [0.2, 0.25) is 0 Å². The fourth-order valence-electron chi connectivity index (χ4n) is 1.84. The smallest absolute Gasteiger partial charge is 0.399 e. The molecule has 0 radical (unpaired) electrons. The highest BCUT2D eigenvalue weighted by molar-refractivity contribution is 6.31. The summed E-state index contributed by atoms with van der Waals surface area (Å²) in [6, 6.07) is 7.81. The minimum Gasteiger partial charge on any atom is -0.399 e. The van der Waals surface area contributed by atoms with Gasteiger partial charge in [-0.1, -0.05) is 11.6 Å². The Kier molecular flexibility index (Phi) is 4.32. The Morgan fingerprint density at radius 1 is 1.18 bits per heavy atom. The Morgan fingerprint density at radius 3 is 2.45 bits per heavy atom. The third kappa shape index (κ3) is 3.51. The van der Waals surface area contributed by atoms with Crippen LogP contribution in [0.5, 0.6) is 0 Å². The van der Waals surface area contributed by atoms with Crippen LogP contribution in [0.1, 0.15) is 21.5 Å². The predicted molar refractivity (Wildman–Crippen MR) is 80.0 cm³/mol. The van der Waals surface area contributed by atoms with Crippen molar-refractivity contribution in [3.63, 3.8) is 0 Å². The van der Waals surface area contributed by atoms with Crippen molar-refractivity contribution >= 4 is 28.9 Å². The summed E-state index contributed by atoms with van der Waals surface area (Å²) in [5.74, 6) is -0.529. The summed E-state index contributed by atoms with van der Waals surface area (Å²) in [7, 11) is 0. The monoisotopic (exact) mass is 328 g/mol. The van der Waals surface area contributed by atoms with Gasteiger partial charge in [0, 0.05) is 16.9 Å². The number of benzene rings is 2. The van der Waals surface area contributed by atoms with Crippen LogP contribution in [0.15, 0.2) is 36.4 Å². The number of amides is 1. The molecule has 22 heavy (non-hydrogen) atoms. The highest BCUT2D eigenvalue weighted by Gasteiger charge is 2.33. The molecule has 0 aliphatic rings. The van der Waals surface area contributed by atoms with E-state index in [1.54, 1.807) is 19.1 Å². The lowest BCUT2D eigenvalue weighted by atomic mass is 10.1. The predicted octanol–water partition coefficient (Wildman–Crippen LogP) is 4.50. The van der Waals surface area contributed by atoms with Crippen molar-refractivity contribution in [2.45, 2.75) is 13.1 Å². The molecule has 0 saturated carbocycles. The highest BCUT2D eigenvalue weighted by atomic mass is 35.5. The van der Waals surface area contributed by atoms with Crippen molar-refractivity contribution in [1.82, 2.24) is 0 Å². The molecule has 2 aromatic carbocycles. The number of carbonyl (C=O) groups excluding carboxylic acids is 1. The van der Waals surface area contributed by atoms with E-state index >= 15 is 0 Å². The largest absolute Gasteiger partial charge is 0.417 e. The second kappa shape index (κ2) is 5.88. The van der Waals surface area contributed by atoms with Crippen molar-refractivity contribution in [3.05, 3.63) is 58.1 Å². The first-order valence-corrected chi connectivity index (χ1v) is 6.60. The first-order chi connectivity index (χ1) is 10.2. The fraction of sp³-hybridized carbons (Fsp3) is 0.133. The summed E-state index contributed by atoms with van der Waals surface area (Å²) in [5, 5.41) is 1.98. The number of halogens is 4. The Hall–Kier alpha value is -2.21. The van der Waals surface area contributed by atoms with Crippen LogP contribution in [0.4, 0.5) is 24.5 Å². The number of rotatable bonds is 2. The lowest BCUT2D eigenvalue weighted by Crippen LogP contribution is -2.14. The number of carbonyl (C=O) groups is 1. The van der Waals surface area contributed by atoms with Crippen LogP contribution >= 0.6 is 11.6 Å². The second-order valence-corrected chi connectivity index (χ2v) is 5.13. The SMILES string of the molecule is Cc1cc(C(=O)Nc2ccc(Cl)c(C(F)(F)F)c2)ccc1N. The van der Waals surface area contributed by atoms with Gasteiger partial charge in [-0.05, 0) is 48.9 Å². The van der Waals surface area contributed by atoms with Gasteiger partial charge in [-0.15, -0.1) is 0 Å². The van der Waals surface area contributed by atoms with Gasteiger partial charge in [-0.2, -0.15) is 13.2 Å². The molecule has 0 atom stereocenters. The summed E-state index contributed by atoms with van der Waals surface area (Å²) in [4.78, 5) is 12.1. The van der Waals surface area contributed by atoms with Gasteiger partial charge < -0.3 is 11.1 Å². The summed E-state index contributed by atoms with van der Waals surface area (Å²) >= 11 is 5.53. The normalized spacial score (nSPS) is 11.3. The molecule has 0 aromatic heterocycles. The van der Waals surface area contributed by atoms with Crippen molar-refractivity contribution in [2.75, 3.05) is 11.1 Å². The first-order valence-electron chi connectivity index (χ1n) is 6.22. The van der Waals surface area contributed by atoms with E-state index in [2.05, 4.69) is 5.32 Å². The quantitative estimate of drug-likeness (QED) is 0.797. The third-order valence-electron chi connectivity index (χ3n) is 3.06. The zero-order valence-electron chi connectivity index (χ0n) is 11.5. The van der Waals surface area contributed by atoms with Gasteiger partial charge in [-0.25, -0.2) is 0 Å². The van der Waals surface area contributed by atoms with Crippen LogP contribution in [0.25, 0.3) is 0 Å². The van der Waals surface area contributed by atoms with Gasteiger partial charge in [0.1, 0.15) is 0 Å². The molecule has 0 bridgehead atoms. The summed E-state index contributed by atoms with van der Waals surface area (Å²) in [6.07, 6.45) is -4.59. The maximum atomic E-state index is 12.8. The maximum Gasteiger partial charge on any atom is 0.417 e. The number of hydrogen-bond donors (Lipinski definition) is 2. The summed E-state index contributed by atoms with van der Waals surface area (Å²) in [5.41, 5.74) is 6.20. The fourth-order valence-corrected chi connectivity index (χ4v) is 2.07. The van der Waals surface area contributed by atoms with Crippen LogP contribution in [-0.2, 0) is 6.18 Å². The summed E-state index contributed by atoms with van der Waals surface area (Å²) < 4.78 is 38.3. The number of hydrogen-bond acceptors (Lipinski definition) is 2. The topological polar surface area (TPSA) is 55.1 Å². The minimum absolute atomic E-state index is 0.0104. The number of aryl methyl sites for hydroxylation is 1. The minimum atomic E-state index is -4.59. The van der Waals surface area contributed by atoms with Crippen molar-refractivity contribution < 1.29 is 18.0 Å². The molecule has 2 aromatic rings. The van der Waals surface area contributed by atoms with Crippen molar-refractivity contribution in [1.29, 1.82) is 0 Å². The molecule has 0 saturated heterocycles. The third-order valence-corrected chi connectivity index (χ3v) is 3.39. The Balaban J connectivity index is 2.27. The Labute approximate surface area is 129 Å². The molecule has 0 aliphatic heterocycles. The molecule has 3 nitrogen and oxygen atoms in total. The molecule has 3 N–H and O–H groups in total. The molecular formula is C15H12ClF3N2O. The zero-order chi connectivity index (χ0) is 16.5. The van der Waals surface area contributed by atoms with E-state index in [-0.39, 0.29) is 5.69 Å². The first kappa shape index (κ1) is 16.2. The van der Waals surface area contributed by atoms with E-state index < -0.39 is 22.7 Å². The number of nitrogens with one attached hydrogen (secondary N) is 1. The van der Waals surface area contributed by atoms with Crippen molar-refractivity contribution in [2.24, 2.45) is 0 Å². The molecule has 116 valence electrons. The van der Waals surface area contributed by atoms with Gasteiger partial charge in [0.05, 0.1) is 10.6 Å². The van der Waals surface area contributed by atoms with E-state index in [0.29, 0.717) is 16.8 Å². The van der Waals surface area contributed by atoms with Crippen LogP contribution in [0.2, 0.25) is 5.02 Å². The molecule has 0 heterocycles. The molecule has 0 spiro atoms. The van der Waals surface area contributed by atoms with Crippen LogP contribution < -0.4 is 11.1 Å². The van der Waals surface area contributed by atoms with Gasteiger partial charge in [0.15, 0.2) is 0 Å². The van der Waals surface area contributed by atoms with Gasteiger partial charge in [-0.3, -0.25) is 4.79 Å². The number of nitrogen functional groups attached to an aromatic ring is 1. The number of alkyl halides is 3. The Bertz CT molecular complexity index is 729. The highest BCUT2D eigenvalue weighted by Crippen LogP contribution is 2.36. The van der Waals surface area contributed by atoms with Crippen LogP contribution in [0.3, 0.4) is 0 Å². The molecule has 0 unspecified atom stereocenters. The zero-order valence-corrected chi connectivity index (χ0v) is 12.2. The summed E-state index contributed by atoms with van der Waals surface area (Å²) in [6.45, 7) is 1.73. The number of nitrogens with two attached hydrogens (primary N) is 1. The van der Waals surface area contributed by atoms with E-state index in [1.165, 1.54) is 12.1 Å². The van der Waals surface area contributed by atoms with Gasteiger partial charge >= 0.3 is 6.18 Å². The van der Waals surface area contributed by atoms with E-state index in [0.717, 1.165) is 12.1 Å². The number of anilines is 2. The van der Waals surface area contributed by atoms with E-state index in [4.69, 9.17) is 17.3 Å². The van der Waals surface area contributed by atoms with E-state index in [9.17, 15) is 18.0 Å². The van der Waals surface area contributed by atoms with Crippen LogP contribution in [-0.4, -0.2) is 5.91 Å². The molecule has 2 rings (SSSR count). The lowest BCUT2D eigenvalue weighted by molar-refractivity contribution is -0.137. The maximum absolute atomic E-state index is 12.8. The molecule has 0 fully saturated rings. The lowest BCUT2D eigenvalue weighted by Gasteiger charge is -2.12. The molecule has 1 amide bonds. The average Bonchev–Trinajstić information content (AvgIpc) is 2.42. The average molecular weight is 329 g/mol. The molecular weight excluding hydrogens is 317 g/mol. The van der Waals surface area contributed by atoms with E-state index in [1.807, 2.05) is 0 Å². The Morgan fingerprint density at radius 2 is 1.86 bits per heavy atom. The molecule has 0 aliphatic carbocycles. The second-order valence-electron chi connectivity index (χ2n) is 4.72. The van der Waals surface area contributed by atoms with Gasteiger partial charge in [0.25, 0.3) is 5.91 Å². The van der Waals surface area contributed by atoms with Crippen LogP contribution in [0, 0.1) is 6.92 Å².